The molecule has 2 aliphatic heterocycles. The summed E-state index contributed by atoms with van der Waals surface area (Å²) in [5.41, 5.74) is 1.23. The van der Waals surface area contributed by atoms with E-state index < -0.39 is 6.36 Å². The molecule has 4 fully saturated rings. The summed E-state index contributed by atoms with van der Waals surface area (Å²) in [5.74, 6) is 1.84. The number of nitrogens with one attached hydrogen (secondary N) is 2. The number of aromatic nitrogens is 2. The van der Waals surface area contributed by atoms with E-state index in [1.54, 1.807) is 17.9 Å². The highest BCUT2D eigenvalue weighted by Crippen LogP contribution is 2.47. The number of ether oxygens (including phenoxy) is 4. The minimum absolute atomic E-state index is 0.159. The molecule has 3 atom stereocenters. The van der Waals surface area contributed by atoms with Gasteiger partial charge in [-0.05, 0) is 55.4 Å². The molecule has 42 heavy (non-hydrogen) atoms. The fourth-order valence-corrected chi connectivity index (χ4v) is 5.60. The molecule has 0 bridgehead atoms. The van der Waals surface area contributed by atoms with Gasteiger partial charge in [-0.25, -0.2) is 4.68 Å². The van der Waals surface area contributed by atoms with E-state index in [0.717, 1.165) is 76.6 Å². The molecular formula is C29H40ClF3N4O5. The fraction of sp³-hybridized carbons (Fsp3) is 0.655. The zero-order valence-corrected chi connectivity index (χ0v) is 24.6. The lowest BCUT2D eigenvalue weighted by Gasteiger charge is -2.24. The Labute approximate surface area is 249 Å². The number of anilines is 2. The molecule has 1 aromatic heterocycles. The summed E-state index contributed by atoms with van der Waals surface area (Å²) in [5, 5.41) is 10.8. The third kappa shape index (κ3) is 10.0. The maximum Gasteiger partial charge on any atom is 0.573 e. The Hall–Kier alpha value is -2.54. The molecule has 9 nitrogen and oxygen atoms in total. The smallest absolute Gasteiger partial charge is 0.406 e. The van der Waals surface area contributed by atoms with Crippen LogP contribution in [0.4, 0.5) is 24.5 Å². The van der Waals surface area contributed by atoms with E-state index in [-0.39, 0.29) is 22.4 Å². The minimum atomic E-state index is -4.62. The maximum atomic E-state index is 12.5. The lowest BCUT2D eigenvalue weighted by Crippen LogP contribution is -2.31. The molecule has 234 valence electrons. The summed E-state index contributed by atoms with van der Waals surface area (Å²) in [6, 6.07) is 5.71. The zero-order chi connectivity index (χ0) is 30.0. The van der Waals surface area contributed by atoms with Gasteiger partial charge < -0.3 is 29.6 Å². The van der Waals surface area contributed by atoms with Crippen LogP contribution in [0.1, 0.15) is 44.6 Å². The molecular weight excluding hydrogens is 577 g/mol. The van der Waals surface area contributed by atoms with Gasteiger partial charge in [0, 0.05) is 31.8 Å². The second kappa shape index (κ2) is 15.8. The first kappa shape index (κ1) is 32.4. The quantitative estimate of drug-likeness (QED) is 0.423. The van der Waals surface area contributed by atoms with Crippen LogP contribution in [0.5, 0.6) is 5.75 Å². The summed E-state index contributed by atoms with van der Waals surface area (Å²) in [7, 11) is 1.68. The highest BCUT2D eigenvalue weighted by atomic mass is 35.5. The normalized spacial score (nSPS) is 23.7. The maximum absolute atomic E-state index is 12.5. The predicted octanol–water partition coefficient (Wildman–Crippen LogP) is 5.76. The van der Waals surface area contributed by atoms with Crippen molar-refractivity contribution in [3.8, 4) is 5.75 Å². The first-order chi connectivity index (χ1) is 20.2. The Morgan fingerprint density at radius 3 is 2.29 bits per heavy atom. The Balaban J connectivity index is 0.000000179. The Morgan fingerprint density at radius 2 is 1.69 bits per heavy atom. The standard InChI is InChI=1S/C17H24ClN3O2.C8H8F3NO.C4H8O2/c18-16-15(19-7-12-10-23-9-11-6-14(11)12)8-20-21(17(16)22)13-4-2-1-3-5-13;1-12-6-2-4-7(5-3-6)13-8(9,10)11;1-2-6-4-3-5-1/h8,11-14,19H,1-7,9-10H2;2-5,12H,1H3;1-4H2. The van der Waals surface area contributed by atoms with Gasteiger partial charge in [-0.3, -0.25) is 4.79 Å². The minimum Gasteiger partial charge on any atom is -0.406 e. The number of halogens is 4. The Morgan fingerprint density at radius 1 is 1.02 bits per heavy atom. The summed E-state index contributed by atoms with van der Waals surface area (Å²) < 4.78 is 55.8. The second-order valence-electron chi connectivity index (χ2n) is 10.8. The van der Waals surface area contributed by atoms with Gasteiger partial charge in [0.15, 0.2) is 0 Å². The van der Waals surface area contributed by atoms with Crippen LogP contribution >= 0.6 is 11.6 Å². The number of alkyl halides is 3. The molecule has 2 N–H and O–H groups in total. The van der Waals surface area contributed by atoms with Crippen LogP contribution in [0, 0.1) is 17.8 Å². The van der Waals surface area contributed by atoms with E-state index in [0.29, 0.717) is 11.6 Å². The van der Waals surface area contributed by atoms with Gasteiger partial charge in [-0.1, -0.05) is 30.9 Å². The molecule has 3 heterocycles. The van der Waals surface area contributed by atoms with Crippen LogP contribution < -0.4 is 20.9 Å². The largest absolute Gasteiger partial charge is 0.573 e. The number of benzene rings is 1. The van der Waals surface area contributed by atoms with E-state index in [9.17, 15) is 18.0 Å². The third-order valence-corrected chi connectivity index (χ3v) is 8.15. The van der Waals surface area contributed by atoms with Crippen LogP contribution in [0.25, 0.3) is 0 Å². The third-order valence-electron chi connectivity index (χ3n) is 7.79. The van der Waals surface area contributed by atoms with Crippen molar-refractivity contribution in [2.24, 2.45) is 17.8 Å². The molecule has 2 aromatic rings. The van der Waals surface area contributed by atoms with Gasteiger partial charge in [-0.15, -0.1) is 13.2 Å². The van der Waals surface area contributed by atoms with Crippen molar-refractivity contribution in [2.45, 2.75) is 50.9 Å². The van der Waals surface area contributed by atoms with E-state index >= 15 is 0 Å². The van der Waals surface area contributed by atoms with Crippen molar-refractivity contribution < 1.29 is 32.1 Å². The SMILES string of the molecule is C1COCCO1.CNc1ccc(OC(F)(F)F)cc1.O=c1c(Cl)c(NCC2COCC3CC23)cnn1C1CCCCC1. The van der Waals surface area contributed by atoms with E-state index in [4.69, 9.17) is 25.8 Å². The molecule has 2 saturated heterocycles. The number of hydrogen-bond donors (Lipinski definition) is 2. The summed E-state index contributed by atoms with van der Waals surface area (Å²) in [6.45, 7) is 5.63. The topological polar surface area (TPSA) is 95.9 Å². The highest BCUT2D eigenvalue weighted by Gasteiger charge is 2.45. The van der Waals surface area contributed by atoms with Crippen LogP contribution in [0.15, 0.2) is 35.3 Å². The van der Waals surface area contributed by atoms with Gasteiger partial charge in [-0.2, -0.15) is 5.10 Å². The van der Waals surface area contributed by atoms with Crippen molar-refractivity contribution in [3.63, 3.8) is 0 Å². The lowest BCUT2D eigenvalue weighted by atomic mass is 9.96. The summed E-state index contributed by atoms with van der Waals surface area (Å²) in [6.07, 6.45) is 4.01. The molecule has 2 saturated carbocycles. The average Bonchev–Trinajstić information content (AvgIpc) is 3.80. The highest BCUT2D eigenvalue weighted by molar-refractivity contribution is 6.32. The molecule has 6 rings (SSSR count). The van der Waals surface area contributed by atoms with Crippen molar-refractivity contribution in [1.82, 2.24) is 9.78 Å². The Bertz CT molecular complexity index is 1150. The zero-order valence-electron chi connectivity index (χ0n) is 23.8. The first-order valence-corrected chi connectivity index (χ1v) is 14.9. The molecule has 2 aliphatic carbocycles. The molecule has 3 unspecified atom stereocenters. The molecule has 4 aliphatic rings. The molecule has 13 heteroatoms. The van der Waals surface area contributed by atoms with Gasteiger partial charge in [0.2, 0.25) is 0 Å². The van der Waals surface area contributed by atoms with Crippen molar-refractivity contribution in [3.05, 3.63) is 45.8 Å². The van der Waals surface area contributed by atoms with Gasteiger partial charge in [0.1, 0.15) is 10.8 Å². The molecule has 0 radical (unpaired) electrons. The fourth-order valence-electron chi connectivity index (χ4n) is 5.40. The average molecular weight is 617 g/mol. The van der Waals surface area contributed by atoms with Crippen molar-refractivity contribution in [1.29, 1.82) is 0 Å². The molecule has 0 spiro atoms. The van der Waals surface area contributed by atoms with Crippen LogP contribution in [-0.2, 0) is 14.2 Å². The number of fused-ring (bicyclic) bond motifs is 1. The molecule has 1 aromatic carbocycles. The van der Waals surface area contributed by atoms with Gasteiger partial charge in [0.25, 0.3) is 5.56 Å². The second-order valence-corrected chi connectivity index (χ2v) is 11.2. The first-order valence-electron chi connectivity index (χ1n) is 14.5. The van der Waals surface area contributed by atoms with Gasteiger partial charge in [0.05, 0.1) is 51.0 Å². The van der Waals surface area contributed by atoms with Crippen molar-refractivity contribution in [2.75, 3.05) is 63.9 Å². The Kier molecular flexibility index (Phi) is 12.2. The number of rotatable bonds is 6. The summed E-state index contributed by atoms with van der Waals surface area (Å²) >= 11 is 6.32. The number of hydrogen-bond acceptors (Lipinski definition) is 8. The lowest BCUT2D eigenvalue weighted by molar-refractivity contribution is -0.274. The number of nitrogens with zero attached hydrogens (tertiary/aromatic N) is 2. The van der Waals surface area contributed by atoms with E-state index in [2.05, 4.69) is 20.5 Å². The van der Waals surface area contributed by atoms with E-state index in [1.807, 2.05) is 0 Å². The van der Waals surface area contributed by atoms with Crippen molar-refractivity contribution >= 4 is 23.0 Å². The molecule has 0 amide bonds. The van der Waals surface area contributed by atoms with Gasteiger partial charge >= 0.3 is 6.36 Å². The van der Waals surface area contributed by atoms with E-state index in [1.165, 1.54) is 49.9 Å². The predicted molar refractivity (Wildman–Crippen MR) is 154 cm³/mol. The van der Waals surface area contributed by atoms with Crippen LogP contribution in [-0.4, -0.2) is 69.4 Å². The van der Waals surface area contributed by atoms with Crippen LogP contribution in [0.3, 0.4) is 0 Å². The summed E-state index contributed by atoms with van der Waals surface area (Å²) in [4.78, 5) is 12.5. The van der Waals surface area contributed by atoms with Crippen LogP contribution in [0.2, 0.25) is 5.02 Å². The monoisotopic (exact) mass is 616 g/mol.